The summed E-state index contributed by atoms with van der Waals surface area (Å²) in [6.45, 7) is 3.36. The summed E-state index contributed by atoms with van der Waals surface area (Å²) in [5.41, 5.74) is 1.06. The lowest BCUT2D eigenvalue weighted by molar-refractivity contribution is -0.148. The first kappa shape index (κ1) is 28.1. The number of carbonyl (C=O) groups excluding carboxylic acids is 3. The highest BCUT2D eigenvalue weighted by Gasteiger charge is 2.24. The van der Waals surface area contributed by atoms with E-state index in [9.17, 15) is 24.6 Å². The van der Waals surface area contributed by atoms with E-state index in [1.165, 1.54) is 30.5 Å². The van der Waals surface area contributed by atoms with Gasteiger partial charge in [-0.3, -0.25) is 9.59 Å². The summed E-state index contributed by atoms with van der Waals surface area (Å²) < 4.78 is 10.9. The Hall–Kier alpha value is -4.18. The Kier molecular flexibility index (Phi) is 11.1. The molecule has 3 atom stereocenters. The van der Waals surface area contributed by atoms with Crippen LogP contribution < -0.4 is 5.32 Å². The zero-order valence-electron chi connectivity index (χ0n) is 20.0. The van der Waals surface area contributed by atoms with Crippen LogP contribution in [0, 0.1) is 0 Å². The smallest absolute Gasteiger partial charge is 0.342 e. The number of hydrogen-bond donors (Lipinski definition) is 4. The third-order valence-electron chi connectivity index (χ3n) is 5.14. The molecule has 1 aromatic carbocycles. The van der Waals surface area contributed by atoms with Gasteiger partial charge in [-0.05, 0) is 49.6 Å². The van der Waals surface area contributed by atoms with E-state index in [1.807, 2.05) is 0 Å². The van der Waals surface area contributed by atoms with Crippen LogP contribution in [-0.2, 0) is 25.5 Å². The van der Waals surface area contributed by atoms with Crippen molar-refractivity contribution in [3.63, 3.8) is 0 Å². The molecule has 0 aromatic heterocycles. The first-order chi connectivity index (χ1) is 17.2. The first-order valence-electron chi connectivity index (χ1n) is 11.2. The number of aliphatic hydroxyl groups is 1. The van der Waals surface area contributed by atoms with Gasteiger partial charge in [0, 0.05) is 18.7 Å². The van der Waals surface area contributed by atoms with Crippen molar-refractivity contribution >= 4 is 24.1 Å². The molecule has 0 aliphatic carbocycles. The molecule has 0 saturated heterocycles. The minimum Gasteiger partial charge on any atom is -0.507 e. The number of nitrogens with zero attached hydrogens (tertiary/aromatic N) is 1. The average Bonchev–Trinajstić information content (AvgIpc) is 2.83. The molecule has 36 heavy (non-hydrogen) atoms. The zero-order chi connectivity index (χ0) is 26.5. The number of nitrogens with one attached hydrogen (secondary N) is 1. The van der Waals surface area contributed by atoms with Gasteiger partial charge in [-0.2, -0.15) is 0 Å². The van der Waals surface area contributed by atoms with E-state index in [0.717, 1.165) is 12.3 Å². The summed E-state index contributed by atoms with van der Waals surface area (Å²) in [6, 6.07) is 4.62. The molecule has 4 N–H and O–H groups in total. The van der Waals surface area contributed by atoms with Gasteiger partial charge in [0.15, 0.2) is 0 Å². The lowest BCUT2D eigenvalue weighted by Gasteiger charge is -2.18. The molecule has 10 nitrogen and oxygen atoms in total. The van der Waals surface area contributed by atoms with E-state index >= 15 is 0 Å². The summed E-state index contributed by atoms with van der Waals surface area (Å²) in [6.07, 6.45) is 8.56. The summed E-state index contributed by atoms with van der Waals surface area (Å²) in [4.78, 5) is 37.2. The van der Waals surface area contributed by atoms with Gasteiger partial charge < -0.3 is 30.2 Å². The van der Waals surface area contributed by atoms with Crippen LogP contribution in [0.5, 0.6) is 5.75 Å². The summed E-state index contributed by atoms with van der Waals surface area (Å²) >= 11 is 0. The zero-order valence-corrected chi connectivity index (χ0v) is 20.0. The number of phenolic OH excluding ortho intramolecular Hbond substituents is 1. The fourth-order valence-electron chi connectivity index (χ4n) is 3.24. The summed E-state index contributed by atoms with van der Waals surface area (Å²) in [5.74, 6) is -2.22. The molecule has 1 aromatic rings. The second kappa shape index (κ2) is 14.3. The Morgan fingerprint density at radius 3 is 2.78 bits per heavy atom. The van der Waals surface area contributed by atoms with Crippen molar-refractivity contribution in [1.82, 2.24) is 5.32 Å². The van der Waals surface area contributed by atoms with Crippen molar-refractivity contribution in [2.75, 3.05) is 0 Å². The normalized spacial score (nSPS) is 24.3. The number of phenols is 1. The van der Waals surface area contributed by atoms with Crippen LogP contribution in [0.2, 0.25) is 0 Å². The molecule has 0 bridgehead atoms. The number of carbonyl (C=O) groups is 3. The van der Waals surface area contributed by atoms with E-state index in [-0.39, 0.29) is 30.6 Å². The standard InChI is InChI=1S/C26H30N2O8/c1-17-10-12-19-6-3-8-22(30)25(19)26(33)36-20(7-4-14-27-23(31)9-5-15-28-34)16-24(32)35-18(2)11-13-21(17)29/h3-6,8-11,13-15,18,20-21,29-30,34H,7,12,16H2,1-2H3,(H,27,31)/b9-5+,13-11+,14-4+,17-10-,28-15+. The lowest BCUT2D eigenvalue weighted by atomic mass is 10.0. The van der Waals surface area contributed by atoms with Crippen LogP contribution in [0.25, 0.3) is 0 Å². The van der Waals surface area contributed by atoms with Gasteiger partial charge in [0.2, 0.25) is 5.91 Å². The topological polar surface area (TPSA) is 155 Å². The fraction of sp³-hybridized carbons (Fsp3) is 0.308. The molecular weight excluding hydrogens is 468 g/mol. The predicted molar refractivity (Wildman–Crippen MR) is 131 cm³/mol. The van der Waals surface area contributed by atoms with Gasteiger partial charge in [0.05, 0.1) is 18.7 Å². The van der Waals surface area contributed by atoms with E-state index in [1.54, 1.807) is 38.1 Å². The maximum absolute atomic E-state index is 13.0. The lowest BCUT2D eigenvalue weighted by Crippen LogP contribution is -2.25. The molecule has 0 radical (unpaired) electrons. The van der Waals surface area contributed by atoms with E-state index in [4.69, 9.17) is 14.7 Å². The Bertz CT molecular complexity index is 1090. The number of esters is 2. The highest BCUT2D eigenvalue weighted by Crippen LogP contribution is 2.25. The Morgan fingerprint density at radius 2 is 2.03 bits per heavy atom. The van der Waals surface area contributed by atoms with Crippen LogP contribution in [0.1, 0.15) is 42.6 Å². The molecule has 3 unspecified atom stereocenters. The monoisotopic (exact) mass is 498 g/mol. The predicted octanol–water partition coefficient (Wildman–Crippen LogP) is 2.70. The minimum atomic E-state index is -0.952. The molecule has 1 heterocycles. The van der Waals surface area contributed by atoms with E-state index in [2.05, 4.69) is 10.5 Å². The van der Waals surface area contributed by atoms with Crippen LogP contribution in [-0.4, -0.2) is 57.8 Å². The molecule has 192 valence electrons. The molecular formula is C26H30N2O8. The first-order valence-corrected chi connectivity index (χ1v) is 11.2. The van der Waals surface area contributed by atoms with Gasteiger partial charge in [0.1, 0.15) is 23.5 Å². The quantitative estimate of drug-likeness (QED) is 0.121. The molecule has 0 fully saturated rings. The van der Waals surface area contributed by atoms with Crippen molar-refractivity contribution in [1.29, 1.82) is 0 Å². The number of benzene rings is 1. The second-order valence-corrected chi connectivity index (χ2v) is 7.99. The number of hydrogen-bond acceptors (Lipinski definition) is 9. The van der Waals surface area contributed by atoms with Gasteiger partial charge in [-0.1, -0.05) is 35.5 Å². The number of rotatable bonds is 5. The molecule has 1 aliphatic rings. The molecule has 1 aliphatic heterocycles. The van der Waals surface area contributed by atoms with Crippen LogP contribution in [0.15, 0.2) is 71.6 Å². The van der Waals surface area contributed by atoms with Crippen LogP contribution in [0.3, 0.4) is 0 Å². The SMILES string of the molecule is C/C1=C/Cc2cccc(O)c2C(=O)OC(C/C=C/NC(=O)/C=C/C=N/O)CC(=O)OC(C)/C=C/C1O. The third-order valence-corrected chi connectivity index (χ3v) is 5.14. The molecule has 2 rings (SSSR count). The molecule has 0 spiro atoms. The highest BCUT2D eigenvalue weighted by molar-refractivity contribution is 5.94. The Balaban J connectivity index is 2.28. The van der Waals surface area contributed by atoms with Gasteiger partial charge in [-0.25, -0.2) is 4.79 Å². The van der Waals surface area contributed by atoms with E-state index < -0.39 is 36.2 Å². The number of fused-ring (bicyclic) bond motifs is 1. The van der Waals surface area contributed by atoms with Gasteiger partial charge in [-0.15, -0.1) is 0 Å². The Morgan fingerprint density at radius 1 is 1.25 bits per heavy atom. The number of amides is 1. The second-order valence-electron chi connectivity index (χ2n) is 7.99. The summed E-state index contributed by atoms with van der Waals surface area (Å²) in [7, 11) is 0. The number of oxime groups is 1. The number of allylic oxidation sites excluding steroid dienone is 2. The molecule has 10 heteroatoms. The van der Waals surface area contributed by atoms with Crippen molar-refractivity contribution in [2.24, 2.45) is 5.16 Å². The Labute approximate surface area is 208 Å². The van der Waals surface area contributed by atoms with Crippen molar-refractivity contribution in [2.45, 2.75) is 51.4 Å². The maximum atomic E-state index is 13.0. The largest absolute Gasteiger partial charge is 0.507 e. The highest BCUT2D eigenvalue weighted by atomic mass is 16.6. The third kappa shape index (κ3) is 9.22. The maximum Gasteiger partial charge on any atom is 0.342 e. The molecule has 0 saturated carbocycles. The number of cyclic esters (lactones) is 2. The van der Waals surface area contributed by atoms with Crippen molar-refractivity contribution in [3.05, 3.63) is 77.6 Å². The molecule has 1 amide bonds. The van der Waals surface area contributed by atoms with Crippen LogP contribution in [0.4, 0.5) is 0 Å². The van der Waals surface area contributed by atoms with Crippen molar-refractivity contribution < 1.29 is 39.3 Å². The average molecular weight is 499 g/mol. The van der Waals surface area contributed by atoms with Crippen LogP contribution >= 0.6 is 0 Å². The van der Waals surface area contributed by atoms with Crippen molar-refractivity contribution in [3.8, 4) is 5.75 Å². The minimum absolute atomic E-state index is 0.0406. The fourth-order valence-corrected chi connectivity index (χ4v) is 3.24. The van der Waals surface area contributed by atoms with Gasteiger partial charge in [0.25, 0.3) is 0 Å². The van der Waals surface area contributed by atoms with E-state index in [0.29, 0.717) is 11.1 Å². The number of aromatic hydroxyl groups is 1. The number of ether oxygens (including phenoxy) is 2. The summed E-state index contributed by atoms with van der Waals surface area (Å²) in [5, 5.41) is 34.2. The van der Waals surface area contributed by atoms with Gasteiger partial charge >= 0.3 is 11.9 Å². The number of aliphatic hydroxyl groups excluding tert-OH is 1.